The van der Waals surface area contributed by atoms with Crippen LogP contribution in [0.5, 0.6) is 0 Å². The highest BCUT2D eigenvalue weighted by Crippen LogP contribution is 2.51. The second-order valence-corrected chi connectivity index (χ2v) is 9.53. The van der Waals surface area contributed by atoms with Crippen molar-refractivity contribution in [1.82, 2.24) is 9.55 Å². The Hall–Kier alpha value is -3.85. The summed E-state index contributed by atoms with van der Waals surface area (Å²) in [6.45, 7) is 9.05. The van der Waals surface area contributed by atoms with Crippen molar-refractivity contribution in [3.8, 4) is 5.69 Å². The van der Waals surface area contributed by atoms with Crippen LogP contribution in [0.3, 0.4) is 0 Å². The van der Waals surface area contributed by atoms with Gasteiger partial charge in [0, 0.05) is 11.1 Å². The standard InChI is InChI=1S/C30H27N3/c1-20-17-22(18-21(2)29(20)32-19-31-25-13-7-10-16-28(25)32)33-26-14-8-5-11-23(26)30(3,4)24-12-6-9-15-27(24)33/h5-19H,1-4H3. The summed E-state index contributed by atoms with van der Waals surface area (Å²) in [4.78, 5) is 7.04. The summed E-state index contributed by atoms with van der Waals surface area (Å²) in [5.41, 5.74) is 12.1. The third kappa shape index (κ3) is 2.85. The number of para-hydroxylation sites is 4. The van der Waals surface area contributed by atoms with E-state index in [4.69, 9.17) is 0 Å². The van der Waals surface area contributed by atoms with E-state index in [0.29, 0.717) is 0 Å². The molecule has 0 aliphatic carbocycles. The van der Waals surface area contributed by atoms with E-state index in [0.717, 1.165) is 11.0 Å². The molecule has 0 bridgehead atoms. The summed E-state index contributed by atoms with van der Waals surface area (Å²) < 4.78 is 2.21. The first kappa shape index (κ1) is 19.8. The Morgan fingerprint density at radius 3 is 1.88 bits per heavy atom. The zero-order valence-electron chi connectivity index (χ0n) is 19.5. The van der Waals surface area contributed by atoms with E-state index in [1.807, 2.05) is 12.4 Å². The molecule has 0 unspecified atom stereocenters. The molecule has 3 nitrogen and oxygen atoms in total. The molecule has 1 aliphatic rings. The van der Waals surface area contributed by atoms with Gasteiger partial charge in [-0.3, -0.25) is 4.57 Å². The molecule has 0 saturated heterocycles. The Morgan fingerprint density at radius 2 is 1.24 bits per heavy atom. The number of aryl methyl sites for hydroxylation is 2. The lowest BCUT2D eigenvalue weighted by Crippen LogP contribution is -2.30. The molecule has 4 aromatic carbocycles. The topological polar surface area (TPSA) is 21.1 Å². The van der Waals surface area contributed by atoms with E-state index >= 15 is 0 Å². The van der Waals surface area contributed by atoms with E-state index in [2.05, 4.69) is 121 Å². The van der Waals surface area contributed by atoms with Gasteiger partial charge in [-0.05, 0) is 72.5 Å². The normalized spacial score (nSPS) is 14.2. The van der Waals surface area contributed by atoms with Gasteiger partial charge in [-0.15, -0.1) is 0 Å². The van der Waals surface area contributed by atoms with Crippen molar-refractivity contribution in [2.24, 2.45) is 0 Å². The fourth-order valence-electron chi connectivity index (χ4n) is 5.53. The summed E-state index contributed by atoms with van der Waals surface area (Å²) in [6, 6.07) is 30.5. The van der Waals surface area contributed by atoms with Crippen LogP contribution in [0, 0.1) is 13.8 Å². The fourth-order valence-corrected chi connectivity index (χ4v) is 5.53. The Kier molecular flexibility index (Phi) is 4.25. The predicted molar refractivity (Wildman–Crippen MR) is 137 cm³/mol. The summed E-state index contributed by atoms with van der Waals surface area (Å²) in [7, 11) is 0. The molecule has 2 heterocycles. The lowest BCUT2D eigenvalue weighted by atomic mass is 9.73. The van der Waals surface area contributed by atoms with Gasteiger partial charge in [-0.1, -0.05) is 62.4 Å². The number of fused-ring (bicyclic) bond motifs is 3. The van der Waals surface area contributed by atoms with Gasteiger partial charge in [0.1, 0.15) is 6.33 Å². The number of hydrogen-bond donors (Lipinski definition) is 0. The van der Waals surface area contributed by atoms with Crippen LogP contribution in [0.15, 0.2) is 91.3 Å². The lowest BCUT2D eigenvalue weighted by Gasteiger charge is -2.42. The maximum absolute atomic E-state index is 4.62. The molecule has 5 aromatic rings. The zero-order valence-corrected chi connectivity index (χ0v) is 19.5. The molecule has 33 heavy (non-hydrogen) atoms. The van der Waals surface area contributed by atoms with Crippen molar-refractivity contribution < 1.29 is 0 Å². The van der Waals surface area contributed by atoms with E-state index in [9.17, 15) is 0 Å². The van der Waals surface area contributed by atoms with E-state index in [1.54, 1.807) is 0 Å². The van der Waals surface area contributed by atoms with Gasteiger partial charge < -0.3 is 4.90 Å². The first-order valence-corrected chi connectivity index (χ1v) is 11.5. The van der Waals surface area contributed by atoms with Crippen molar-refractivity contribution in [2.75, 3.05) is 4.90 Å². The third-order valence-electron chi connectivity index (χ3n) is 7.07. The molecule has 0 amide bonds. The second kappa shape index (κ2) is 7.08. The Bertz CT molecular complexity index is 1450. The highest BCUT2D eigenvalue weighted by atomic mass is 15.2. The molecule has 0 atom stereocenters. The minimum atomic E-state index is -0.0521. The Labute approximate surface area is 195 Å². The van der Waals surface area contributed by atoms with Crippen LogP contribution < -0.4 is 4.90 Å². The van der Waals surface area contributed by atoms with Crippen LogP contribution in [-0.2, 0) is 5.41 Å². The molecular weight excluding hydrogens is 402 g/mol. The van der Waals surface area contributed by atoms with Gasteiger partial charge in [0.25, 0.3) is 0 Å². The van der Waals surface area contributed by atoms with Gasteiger partial charge in [0.05, 0.1) is 28.1 Å². The van der Waals surface area contributed by atoms with E-state index in [1.165, 1.54) is 45.0 Å². The molecule has 0 N–H and O–H groups in total. The second-order valence-electron chi connectivity index (χ2n) is 9.53. The van der Waals surface area contributed by atoms with Crippen molar-refractivity contribution in [3.63, 3.8) is 0 Å². The molecule has 1 aromatic heterocycles. The molecule has 1 aliphatic heterocycles. The molecular formula is C30H27N3. The number of aromatic nitrogens is 2. The van der Waals surface area contributed by atoms with Crippen molar-refractivity contribution in [1.29, 1.82) is 0 Å². The minimum absolute atomic E-state index is 0.0521. The van der Waals surface area contributed by atoms with Crippen LogP contribution in [0.4, 0.5) is 17.1 Å². The smallest absolute Gasteiger partial charge is 0.100 e. The van der Waals surface area contributed by atoms with Crippen LogP contribution in [0.2, 0.25) is 0 Å². The summed E-state index contributed by atoms with van der Waals surface area (Å²) >= 11 is 0. The van der Waals surface area contributed by atoms with E-state index in [-0.39, 0.29) is 5.41 Å². The highest BCUT2D eigenvalue weighted by Gasteiger charge is 2.36. The van der Waals surface area contributed by atoms with Crippen LogP contribution in [0.1, 0.15) is 36.1 Å². The molecule has 0 spiro atoms. The molecule has 0 saturated carbocycles. The van der Waals surface area contributed by atoms with Gasteiger partial charge >= 0.3 is 0 Å². The third-order valence-corrected chi connectivity index (χ3v) is 7.07. The number of benzene rings is 4. The summed E-state index contributed by atoms with van der Waals surface area (Å²) in [5.74, 6) is 0. The largest absolute Gasteiger partial charge is 0.310 e. The quantitative estimate of drug-likeness (QED) is 0.286. The zero-order chi connectivity index (χ0) is 22.7. The van der Waals surface area contributed by atoms with Crippen LogP contribution >= 0.6 is 0 Å². The first-order valence-electron chi connectivity index (χ1n) is 11.5. The van der Waals surface area contributed by atoms with Gasteiger partial charge in [-0.2, -0.15) is 0 Å². The van der Waals surface area contributed by atoms with Gasteiger partial charge in [-0.25, -0.2) is 4.98 Å². The molecule has 0 radical (unpaired) electrons. The fraction of sp³-hybridized carbons (Fsp3) is 0.167. The molecule has 162 valence electrons. The predicted octanol–water partition coefficient (Wildman–Crippen LogP) is 7.75. The Balaban J connectivity index is 1.57. The van der Waals surface area contributed by atoms with Crippen LogP contribution in [-0.4, -0.2) is 9.55 Å². The first-order chi connectivity index (χ1) is 16.0. The average Bonchev–Trinajstić information content (AvgIpc) is 3.23. The Morgan fingerprint density at radius 1 is 0.697 bits per heavy atom. The van der Waals surface area contributed by atoms with Crippen LogP contribution in [0.25, 0.3) is 16.7 Å². The molecule has 0 fully saturated rings. The van der Waals surface area contributed by atoms with Crippen molar-refractivity contribution in [3.05, 3.63) is 114 Å². The van der Waals surface area contributed by atoms with Crippen molar-refractivity contribution in [2.45, 2.75) is 33.1 Å². The number of anilines is 3. The number of nitrogens with zero attached hydrogens (tertiary/aromatic N) is 3. The minimum Gasteiger partial charge on any atom is -0.310 e. The highest BCUT2D eigenvalue weighted by molar-refractivity contribution is 5.87. The monoisotopic (exact) mass is 429 g/mol. The summed E-state index contributed by atoms with van der Waals surface area (Å²) in [6.07, 6.45) is 1.94. The molecule has 3 heteroatoms. The van der Waals surface area contributed by atoms with Gasteiger partial charge in [0.15, 0.2) is 0 Å². The SMILES string of the molecule is Cc1cc(N2c3ccccc3C(C)(C)c3ccccc32)cc(C)c1-n1cnc2ccccc21. The summed E-state index contributed by atoms with van der Waals surface area (Å²) in [5, 5.41) is 0. The van der Waals surface area contributed by atoms with E-state index < -0.39 is 0 Å². The number of hydrogen-bond acceptors (Lipinski definition) is 2. The molecule has 6 rings (SSSR count). The maximum atomic E-state index is 4.62. The van der Waals surface area contributed by atoms with Crippen molar-refractivity contribution >= 4 is 28.1 Å². The lowest BCUT2D eigenvalue weighted by molar-refractivity contribution is 0.632. The number of imidazole rings is 1. The maximum Gasteiger partial charge on any atom is 0.100 e. The number of rotatable bonds is 2. The van der Waals surface area contributed by atoms with Gasteiger partial charge in [0.2, 0.25) is 0 Å². The average molecular weight is 430 g/mol.